The van der Waals surface area contributed by atoms with Crippen molar-refractivity contribution in [3.8, 4) is 11.5 Å². The Balaban J connectivity index is 2.06. The molecule has 0 saturated carbocycles. The van der Waals surface area contributed by atoms with Crippen LogP contribution in [0, 0.1) is 0 Å². The normalized spacial score (nSPS) is 10.0. The van der Waals surface area contributed by atoms with Crippen LogP contribution in [-0.2, 0) is 11.2 Å². The lowest BCUT2D eigenvalue weighted by atomic mass is 10.1. The highest BCUT2D eigenvalue weighted by Gasteiger charge is 2.01. The Morgan fingerprint density at radius 1 is 1.00 bits per heavy atom. The summed E-state index contributed by atoms with van der Waals surface area (Å²) in [6, 6.07) is 14.0. The molecule has 0 aliphatic heterocycles. The van der Waals surface area contributed by atoms with Crippen LogP contribution in [0.1, 0.15) is 5.56 Å². The fraction of sp³-hybridized carbons (Fsp3) is 0.0714. The zero-order valence-electron chi connectivity index (χ0n) is 9.67. The van der Waals surface area contributed by atoms with E-state index in [1.807, 2.05) is 0 Å². The summed E-state index contributed by atoms with van der Waals surface area (Å²) in [5.41, 5.74) is 7.00. The predicted octanol–water partition coefficient (Wildman–Crippen LogP) is 2.69. The van der Waals surface area contributed by atoms with Crippen LogP contribution in [0.4, 0.5) is 5.69 Å². The number of nitrogens with two attached hydrogens (primary N) is 1. The lowest BCUT2D eigenvalue weighted by Crippen LogP contribution is -1.99. The third-order valence-electron chi connectivity index (χ3n) is 2.39. The molecule has 2 aromatic rings. The number of carboxylic acids is 1. The maximum atomic E-state index is 10.5. The molecule has 4 heteroatoms. The second-order valence-electron chi connectivity index (χ2n) is 3.89. The molecule has 3 N–H and O–H groups in total. The van der Waals surface area contributed by atoms with Gasteiger partial charge in [-0.3, -0.25) is 4.79 Å². The lowest BCUT2D eigenvalue weighted by molar-refractivity contribution is -0.136. The minimum atomic E-state index is -0.845. The summed E-state index contributed by atoms with van der Waals surface area (Å²) in [6.45, 7) is 0. The van der Waals surface area contributed by atoms with Gasteiger partial charge in [0.1, 0.15) is 11.5 Å². The molecule has 0 aromatic heterocycles. The average molecular weight is 243 g/mol. The molecule has 4 nitrogen and oxygen atoms in total. The molecule has 0 aliphatic rings. The zero-order valence-corrected chi connectivity index (χ0v) is 9.67. The number of anilines is 1. The van der Waals surface area contributed by atoms with Crippen molar-refractivity contribution in [3.05, 3.63) is 54.1 Å². The lowest BCUT2D eigenvalue weighted by Gasteiger charge is -2.06. The van der Waals surface area contributed by atoms with Crippen LogP contribution in [0.15, 0.2) is 48.5 Å². The first-order valence-electron chi connectivity index (χ1n) is 5.47. The number of carbonyl (C=O) groups is 1. The number of hydrogen-bond donors (Lipinski definition) is 2. The first-order valence-corrected chi connectivity index (χ1v) is 5.47. The summed E-state index contributed by atoms with van der Waals surface area (Å²) in [7, 11) is 0. The van der Waals surface area contributed by atoms with Gasteiger partial charge in [0.25, 0.3) is 0 Å². The average Bonchev–Trinajstić information content (AvgIpc) is 2.34. The van der Waals surface area contributed by atoms with Gasteiger partial charge < -0.3 is 15.6 Å². The summed E-state index contributed by atoms with van der Waals surface area (Å²) in [4.78, 5) is 10.5. The molecule has 2 aromatic carbocycles. The third-order valence-corrected chi connectivity index (χ3v) is 2.39. The van der Waals surface area contributed by atoms with Gasteiger partial charge in [0.15, 0.2) is 0 Å². The standard InChI is InChI=1S/C14H13NO3/c15-11-3-7-13(8-4-11)18-12-5-1-10(2-6-12)9-14(16)17/h1-8H,9,15H2,(H,16,17). The summed E-state index contributed by atoms with van der Waals surface area (Å²) in [5.74, 6) is 0.506. The highest BCUT2D eigenvalue weighted by molar-refractivity contribution is 5.70. The van der Waals surface area contributed by atoms with Crippen LogP contribution in [0.25, 0.3) is 0 Å². The third kappa shape index (κ3) is 3.25. The van der Waals surface area contributed by atoms with E-state index in [0.29, 0.717) is 17.2 Å². The van der Waals surface area contributed by atoms with Gasteiger partial charge in [-0.15, -0.1) is 0 Å². The highest BCUT2D eigenvalue weighted by Crippen LogP contribution is 2.22. The van der Waals surface area contributed by atoms with Crippen LogP contribution in [0.2, 0.25) is 0 Å². The maximum Gasteiger partial charge on any atom is 0.307 e. The van der Waals surface area contributed by atoms with Crippen LogP contribution < -0.4 is 10.5 Å². The molecule has 0 amide bonds. The van der Waals surface area contributed by atoms with Crippen LogP contribution >= 0.6 is 0 Å². The van der Waals surface area contributed by atoms with Crippen molar-refractivity contribution >= 4 is 11.7 Å². The molecule has 0 heterocycles. The van der Waals surface area contributed by atoms with Crippen molar-refractivity contribution in [2.45, 2.75) is 6.42 Å². The second-order valence-corrected chi connectivity index (χ2v) is 3.89. The molecule has 0 radical (unpaired) electrons. The van der Waals surface area contributed by atoms with E-state index in [2.05, 4.69) is 0 Å². The SMILES string of the molecule is Nc1ccc(Oc2ccc(CC(=O)O)cc2)cc1. The van der Waals surface area contributed by atoms with Crippen LogP contribution in [-0.4, -0.2) is 11.1 Å². The molecule has 18 heavy (non-hydrogen) atoms. The molecule has 0 atom stereocenters. The Kier molecular flexibility index (Phi) is 3.48. The first kappa shape index (κ1) is 12.0. The molecule has 0 aliphatic carbocycles. The second kappa shape index (κ2) is 5.23. The van der Waals surface area contributed by atoms with Crippen LogP contribution in [0.3, 0.4) is 0 Å². The number of rotatable bonds is 4. The molecule has 0 saturated heterocycles. The van der Waals surface area contributed by atoms with Crippen LogP contribution in [0.5, 0.6) is 11.5 Å². The highest BCUT2D eigenvalue weighted by atomic mass is 16.5. The van der Waals surface area contributed by atoms with E-state index in [9.17, 15) is 4.79 Å². The number of ether oxygens (including phenoxy) is 1. The topological polar surface area (TPSA) is 72.5 Å². The molecular weight excluding hydrogens is 230 g/mol. The zero-order chi connectivity index (χ0) is 13.0. The van der Waals surface area contributed by atoms with Crippen molar-refractivity contribution in [2.75, 3.05) is 5.73 Å². The summed E-state index contributed by atoms with van der Waals surface area (Å²) in [5, 5.41) is 8.65. The molecule has 0 fully saturated rings. The summed E-state index contributed by atoms with van der Waals surface area (Å²) in [6.07, 6.45) is 0.0160. The number of benzene rings is 2. The quantitative estimate of drug-likeness (QED) is 0.810. The van der Waals surface area contributed by atoms with E-state index < -0.39 is 5.97 Å². The van der Waals surface area contributed by atoms with E-state index in [1.165, 1.54) is 0 Å². The summed E-state index contributed by atoms with van der Waals surface area (Å²) >= 11 is 0. The van der Waals surface area contributed by atoms with E-state index in [1.54, 1.807) is 48.5 Å². The van der Waals surface area contributed by atoms with Crippen molar-refractivity contribution in [2.24, 2.45) is 0 Å². The fourth-order valence-electron chi connectivity index (χ4n) is 1.52. The maximum absolute atomic E-state index is 10.5. The van der Waals surface area contributed by atoms with E-state index in [-0.39, 0.29) is 6.42 Å². The Morgan fingerprint density at radius 3 is 2.00 bits per heavy atom. The Bertz CT molecular complexity index is 532. The number of carboxylic acid groups (broad SMARTS) is 1. The minimum Gasteiger partial charge on any atom is -0.481 e. The minimum absolute atomic E-state index is 0.0160. The number of nitrogen functional groups attached to an aromatic ring is 1. The molecular formula is C14H13NO3. The predicted molar refractivity (Wildman–Crippen MR) is 68.7 cm³/mol. The van der Waals surface area contributed by atoms with E-state index >= 15 is 0 Å². The molecule has 0 spiro atoms. The summed E-state index contributed by atoms with van der Waals surface area (Å²) < 4.78 is 5.59. The van der Waals surface area contributed by atoms with Crippen molar-refractivity contribution < 1.29 is 14.6 Å². The monoisotopic (exact) mass is 243 g/mol. The van der Waals surface area contributed by atoms with Crippen molar-refractivity contribution in [1.29, 1.82) is 0 Å². The van der Waals surface area contributed by atoms with Gasteiger partial charge in [0.2, 0.25) is 0 Å². The number of hydrogen-bond acceptors (Lipinski definition) is 3. The van der Waals surface area contributed by atoms with Gasteiger partial charge >= 0.3 is 5.97 Å². The Morgan fingerprint density at radius 2 is 1.50 bits per heavy atom. The van der Waals surface area contributed by atoms with Gasteiger partial charge in [-0.1, -0.05) is 12.1 Å². The van der Waals surface area contributed by atoms with Gasteiger partial charge in [-0.05, 0) is 42.0 Å². The van der Waals surface area contributed by atoms with E-state index in [4.69, 9.17) is 15.6 Å². The largest absolute Gasteiger partial charge is 0.481 e. The number of aliphatic carboxylic acids is 1. The fourth-order valence-corrected chi connectivity index (χ4v) is 1.52. The van der Waals surface area contributed by atoms with E-state index in [0.717, 1.165) is 5.56 Å². The molecule has 0 bridgehead atoms. The first-order chi connectivity index (χ1) is 8.63. The smallest absolute Gasteiger partial charge is 0.307 e. The van der Waals surface area contributed by atoms with Gasteiger partial charge in [-0.2, -0.15) is 0 Å². The molecule has 2 rings (SSSR count). The Hall–Kier alpha value is -2.49. The van der Waals surface area contributed by atoms with Gasteiger partial charge in [0, 0.05) is 5.69 Å². The van der Waals surface area contributed by atoms with Crippen molar-refractivity contribution in [1.82, 2.24) is 0 Å². The van der Waals surface area contributed by atoms with Gasteiger partial charge in [-0.25, -0.2) is 0 Å². The molecule has 92 valence electrons. The Labute approximate surface area is 105 Å². The molecule has 0 unspecified atom stereocenters. The van der Waals surface area contributed by atoms with Gasteiger partial charge in [0.05, 0.1) is 6.42 Å². The van der Waals surface area contributed by atoms with Crippen molar-refractivity contribution in [3.63, 3.8) is 0 Å².